The fourth-order valence-electron chi connectivity index (χ4n) is 3.20. The van der Waals surface area contributed by atoms with Crippen LogP contribution < -0.4 is 0 Å². The smallest absolute Gasteiger partial charge is 0.320 e. The molecule has 0 atom stereocenters. The van der Waals surface area contributed by atoms with Gasteiger partial charge in [0.25, 0.3) is 0 Å². The predicted molar refractivity (Wildman–Crippen MR) is 74.0 cm³/mol. The van der Waals surface area contributed by atoms with Crippen LogP contribution in [0.25, 0.3) is 0 Å². The number of likely N-dealkylation sites (N-methyl/N-ethyl adjacent to an activating group) is 1. The van der Waals surface area contributed by atoms with Gasteiger partial charge in [-0.2, -0.15) is 0 Å². The Kier molecular flexibility index (Phi) is 3.29. The zero-order valence-corrected chi connectivity index (χ0v) is 11.7. The molecule has 2 amide bonds. The van der Waals surface area contributed by atoms with Gasteiger partial charge in [-0.15, -0.1) is 11.3 Å². The number of urea groups is 1. The molecule has 1 aliphatic carbocycles. The van der Waals surface area contributed by atoms with Gasteiger partial charge in [0.1, 0.15) is 0 Å². The Balaban J connectivity index is 1.59. The van der Waals surface area contributed by atoms with Gasteiger partial charge in [-0.25, -0.2) is 4.79 Å². The highest BCUT2D eigenvalue weighted by atomic mass is 32.1. The van der Waals surface area contributed by atoms with Gasteiger partial charge in [0, 0.05) is 31.1 Å². The van der Waals surface area contributed by atoms with Crippen LogP contribution in [0.4, 0.5) is 4.79 Å². The second-order valence-electron chi connectivity index (χ2n) is 5.42. The molecule has 0 bridgehead atoms. The van der Waals surface area contributed by atoms with Crippen LogP contribution in [0, 0.1) is 0 Å². The normalized spacial score (nSPS) is 29.1. The lowest BCUT2D eigenvalue weighted by atomic mass is 9.84. The standard InChI is InChI=1S/C14H20N2OS/c1-15-8-9-16(14(15)17)12-6-4-11(5-7-12)13-3-2-10-18-13/h2-3,10-12H,4-9H2,1H3/t11-,12-. The summed E-state index contributed by atoms with van der Waals surface area (Å²) >= 11 is 1.88. The van der Waals surface area contributed by atoms with Gasteiger partial charge in [0.05, 0.1) is 0 Å². The van der Waals surface area contributed by atoms with E-state index in [-0.39, 0.29) is 6.03 Å². The summed E-state index contributed by atoms with van der Waals surface area (Å²) in [6.45, 7) is 1.81. The van der Waals surface area contributed by atoms with Crippen molar-refractivity contribution in [2.24, 2.45) is 0 Å². The number of nitrogens with zero attached hydrogens (tertiary/aromatic N) is 2. The second-order valence-corrected chi connectivity index (χ2v) is 6.40. The molecule has 3 rings (SSSR count). The molecule has 0 N–H and O–H groups in total. The van der Waals surface area contributed by atoms with Gasteiger partial charge in [0.2, 0.25) is 0 Å². The molecule has 0 radical (unpaired) electrons. The summed E-state index contributed by atoms with van der Waals surface area (Å²) in [6, 6.07) is 5.11. The van der Waals surface area contributed by atoms with E-state index >= 15 is 0 Å². The highest BCUT2D eigenvalue weighted by Crippen LogP contribution is 2.37. The Morgan fingerprint density at radius 1 is 1.22 bits per heavy atom. The monoisotopic (exact) mass is 264 g/mol. The highest BCUT2D eigenvalue weighted by molar-refractivity contribution is 7.10. The maximum Gasteiger partial charge on any atom is 0.320 e. The third-order valence-electron chi connectivity index (χ3n) is 4.33. The van der Waals surface area contributed by atoms with Crippen molar-refractivity contribution in [3.63, 3.8) is 0 Å². The van der Waals surface area contributed by atoms with Gasteiger partial charge < -0.3 is 9.80 Å². The summed E-state index contributed by atoms with van der Waals surface area (Å²) in [5.74, 6) is 0.733. The van der Waals surface area contributed by atoms with Crippen LogP contribution in [-0.2, 0) is 0 Å². The van der Waals surface area contributed by atoms with Crippen LogP contribution in [0.3, 0.4) is 0 Å². The Morgan fingerprint density at radius 2 is 2.00 bits per heavy atom. The lowest BCUT2D eigenvalue weighted by Crippen LogP contribution is -2.40. The summed E-state index contributed by atoms with van der Waals surface area (Å²) in [5, 5.41) is 2.17. The van der Waals surface area contributed by atoms with Gasteiger partial charge in [0.15, 0.2) is 0 Å². The quantitative estimate of drug-likeness (QED) is 0.805. The van der Waals surface area contributed by atoms with Crippen molar-refractivity contribution in [2.75, 3.05) is 20.1 Å². The summed E-state index contributed by atoms with van der Waals surface area (Å²) in [7, 11) is 1.90. The van der Waals surface area contributed by atoms with E-state index in [1.165, 1.54) is 30.6 Å². The van der Waals surface area contributed by atoms with Crippen molar-refractivity contribution in [3.05, 3.63) is 22.4 Å². The molecular formula is C14H20N2OS. The number of hydrogen-bond acceptors (Lipinski definition) is 2. The molecule has 1 saturated heterocycles. The number of thiophene rings is 1. The Morgan fingerprint density at radius 3 is 2.56 bits per heavy atom. The van der Waals surface area contributed by atoms with E-state index in [4.69, 9.17) is 0 Å². The molecule has 1 saturated carbocycles. The Labute approximate surface area is 112 Å². The largest absolute Gasteiger partial charge is 0.326 e. The molecule has 2 fully saturated rings. The number of carbonyl (C=O) groups excluding carboxylic acids is 1. The zero-order chi connectivity index (χ0) is 12.5. The molecule has 3 nitrogen and oxygen atoms in total. The van der Waals surface area contributed by atoms with E-state index in [1.54, 1.807) is 0 Å². The van der Waals surface area contributed by atoms with Crippen molar-refractivity contribution in [2.45, 2.75) is 37.6 Å². The zero-order valence-electron chi connectivity index (χ0n) is 10.8. The second kappa shape index (κ2) is 4.92. The van der Waals surface area contributed by atoms with Gasteiger partial charge in [-0.1, -0.05) is 6.07 Å². The molecular weight excluding hydrogens is 244 g/mol. The molecule has 0 aromatic carbocycles. The van der Waals surface area contributed by atoms with Crippen LogP contribution in [0.15, 0.2) is 17.5 Å². The summed E-state index contributed by atoms with van der Waals surface area (Å²) < 4.78 is 0. The Bertz CT molecular complexity index is 409. The molecule has 0 spiro atoms. The first-order valence-corrected chi connectivity index (χ1v) is 7.69. The van der Waals surface area contributed by atoms with Crippen molar-refractivity contribution < 1.29 is 4.79 Å². The van der Waals surface area contributed by atoms with E-state index in [0.717, 1.165) is 19.0 Å². The predicted octanol–water partition coefficient (Wildman–Crippen LogP) is 3.14. The molecule has 1 aromatic heterocycles. The fraction of sp³-hybridized carbons (Fsp3) is 0.643. The summed E-state index contributed by atoms with van der Waals surface area (Å²) in [5.41, 5.74) is 0. The van der Waals surface area contributed by atoms with E-state index in [0.29, 0.717) is 6.04 Å². The van der Waals surface area contributed by atoms with E-state index in [1.807, 2.05) is 23.3 Å². The minimum absolute atomic E-state index is 0.231. The van der Waals surface area contributed by atoms with Gasteiger partial charge >= 0.3 is 6.03 Å². The van der Waals surface area contributed by atoms with Gasteiger partial charge in [-0.3, -0.25) is 0 Å². The highest BCUT2D eigenvalue weighted by Gasteiger charge is 2.34. The molecule has 2 aliphatic rings. The van der Waals surface area contributed by atoms with E-state index in [2.05, 4.69) is 22.4 Å². The topological polar surface area (TPSA) is 23.6 Å². The van der Waals surface area contributed by atoms with E-state index in [9.17, 15) is 4.79 Å². The molecule has 0 unspecified atom stereocenters. The van der Waals surface area contributed by atoms with Gasteiger partial charge in [-0.05, 0) is 43.0 Å². The molecule has 4 heteroatoms. The molecule has 1 aliphatic heterocycles. The van der Waals surface area contributed by atoms with Crippen molar-refractivity contribution in [1.82, 2.24) is 9.80 Å². The number of carbonyl (C=O) groups is 1. The number of amides is 2. The SMILES string of the molecule is CN1CCN([C@H]2CC[C@H](c3cccs3)CC2)C1=O. The fourth-order valence-corrected chi connectivity index (χ4v) is 4.10. The summed E-state index contributed by atoms with van der Waals surface area (Å²) in [6.07, 6.45) is 4.81. The molecule has 1 aromatic rings. The van der Waals surface area contributed by atoms with Crippen LogP contribution in [-0.4, -0.2) is 42.0 Å². The first-order valence-electron chi connectivity index (χ1n) is 6.81. The minimum Gasteiger partial charge on any atom is -0.326 e. The van der Waals surface area contributed by atoms with Crippen LogP contribution in [0.2, 0.25) is 0 Å². The van der Waals surface area contributed by atoms with Crippen LogP contribution in [0.5, 0.6) is 0 Å². The first kappa shape index (κ1) is 12.0. The summed E-state index contributed by atoms with van der Waals surface area (Å²) in [4.78, 5) is 17.4. The molecule has 98 valence electrons. The maximum atomic E-state index is 12.0. The van der Waals surface area contributed by atoms with Crippen LogP contribution in [0.1, 0.15) is 36.5 Å². The van der Waals surface area contributed by atoms with Crippen LogP contribution >= 0.6 is 11.3 Å². The average Bonchev–Trinajstić information content (AvgIpc) is 3.02. The number of hydrogen-bond donors (Lipinski definition) is 0. The number of rotatable bonds is 2. The average molecular weight is 264 g/mol. The van der Waals surface area contributed by atoms with Crippen molar-refractivity contribution in [1.29, 1.82) is 0 Å². The third-order valence-corrected chi connectivity index (χ3v) is 5.37. The van der Waals surface area contributed by atoms with E-state index < -0.39 is 0 Å². The third kappa shape index (κ3) is 2.14. The minimum atomic E-state index is 0.231. The maximum absolute atomic E-state index is 12.0. The lowest BCUT2D eigenvalue weighted by Gasteiger charge is -2.34. The first-order chi connectivity index (χ1) is 8.75. The molecule has 18 heavy (non-hydrogen) atoms. The van der Waals surface area contributed by atoms with Crippen molar-refractivity contribution in [3.8, 4) is 0 Å². The lowest BCUT2D eigenvalue weighted by molar-refractivity contribution is 0.164. The Hall–Kier alpha value is -1.03. The van der Waals surface area contributed by atoms with Crippen molar-refractivity contribution >= 4 is 17.4 Å². The molecule has 2 heterocycles.